The Balaban J connectivity index is 2.06. The van der Waals surface area contributed by atoms with Gasteiger partial charge in [0.2, 0.25) is 0 Å². The highest BCUT2D eigenvalue weighted by Crippen LogP contribution is 2.21. The molecule has 0 spiro atoms. The van der Waals surface area contributed by atoms with Gasteiger partial charge in [0.05, 0.1) is 25.3 Å². The second-order valence-corrected chi connectivity index (χ2v) is 7.48. The first kappa shape index (κ1) is 27.8. The Bertz CT molecular complexity index is 1130. The fourth-order valence-corrected chi connectivity index (χ4v) is 2.96. The van der Waals surface area contributed by atoms with Gasteiger partial charge in [0.25, 0.3) is 5.91 Å². The zero-order valence-electron chi connectivity index (χ0n) is 20.5. The molecule has 0 aliphatic rings. The molecule has 0 saturated heterocycles. The van der Waals surface area contributed by atoms with Crippen LogP contribution in [0.3, 0.4) is 0 Å². The molecule has 0 bridgehead atoms. The molecule has 2 aromatic carbocycles. The van der Waals surface area contributed by atoms with Gasteiger partial charge >= 0.3 is 12.1 Å². The first-order valence-corrected chi connectivity index (χ1v) is 11.2. The second kappa shape index (κ2) is 13.5. The summed E-state index contributed by atoms with van der Waals surface area (Å²) in [6.45, 7) is 5.18. The van der Waals surface area contributed by atoms with Gasteiger partial charge in [0.15, 0.2) is 11.5 Å². The highest BCUT2D eigenvalue weighted by Gasteiger charge is 2.21. The smallest absolute Gasteiger partial charge is 0.435 e. The van der Waals surface area contributed by atoms with E-state index in [-0.39, 0.29) is 41.7 Å². The van der Waals surface area contributed by atoms with E-state index in [1.165, 1.54) is 49.6 Å². The Labute approximate surface area is 208 Å². The summed E-state index contributed by atoms with van der Waals surface area (Å²) in [5, 5.41) is 2.63. The van der Waals surface area contributed by atoms with E-state index in [4.69, 9.17) is 20.1 Å². The molecule has 1 atom stereocenters. The predicted octanol–water partition coefficient (Wildman–Crippen LogP) is 3.20. The fourth-order valence-electron chi connectivity index (χ4n) is 2.96. The van der Waals surface area contributed by atoms with Crippen LogP contribution >= 0.6 is 0 Å². The number of methoxy groups -OCH3 is 1. The average molecular weight is 500 g/mol. The van der Waals surface area contributed by atoms with E-state index < -0.39 is 24.0 Å². The number of aliphatic imine (C=N–C) groups is 1. The zero-order chi connectivity index (χ0) is 26.7. The normalized spacial score (nSPS) is 11.7. The van der Waals surface area contributed by atoms with Crippen LogP contribution in [-0.4, -0.2) is 49.3 Å². The summed E-state index contributed by atoms with van der Waals surface area (Å²) in [5.74, 6) is -1.07. The van der Waals surface area contributed by atoms with Gasteiger partial charge in [-0.25, -0.2) is 9.59 Å². The Morgan fingerprint density at radius 3 is 2.31 bits per heavy atom. The maximum Gasteiger partial charge on any atom is 0.435 e. The summed E-state index contributed by atoms with van der Waals surface area (Å²) >= 11 is 0. The predicted molar refractivity (Wildman–Crippen MR) is 130 cm³/mol. The van der Waals surface area contributed by atoms with Gasteiger partial charge in [-0.15, -0.1) is 0 Å². The van der Waals surface area contributed by atoms with Gasteiger partial charge in [-0.05, 0) is 56.7 Å². The van der Waals surface area contributed by atoms with Gasteiger partial charge in [0.1, 0.15) is 11.6 Å². The van der Waals surface area contributed by atoms with Gasteiger partial charge < -0.3 is 20.5 Å². The number of ether oxygens (including phenoxy) is 2. The Morgan fingerprint density at radius 1 is 1.03 bits per heavy atom. The van der Waals surface area contributed by atoms with E-state index in [9.17, 15) is 19.2 Å². The molecule has 2 rings (SSSR count). The summed E-state index contributed by atoms with van der Waals surface area (Å²) < 4.78 is 10.0. The molecule has 36 heavy (non-hydrogen) atoms. The van der Waals surface area contributed by atoms with Gasteiger partial charge in [-0.1, -0.05) is 13.0 Å². The Morgan fingerprint density at radius 2 is 1.69 bits per heavy atom. The molecule has 3 N–H and O–H groups in total. The molecular weight excluding hydrogens is 470 g/mol. The molecule has 192 valence electrons. The van der Waals surface area contributed by atoms with Crippen molar-refractivity contribution in [2.75, 3.05) is 13.7 Å². The van der Waals surface area contributed by atoms with Crippen LogP contribution in [0.15, 0.2) is 47.5 Å². The van der Waals surface area contributed by atoms with E-state index in [0.717, 1.165) is 0 Å². The van der Waals surface area contributed by atoms with Crippen LogP contribution in [0, 0.1) is 0 Å². The molecule has 2 aromatic rings. The fraction of sp³-hybridized carbons (Fsp3) is 0.320. The van der Waals surface area contributed by atoms with Crippen LogP contribution < -0.4 is 20.7 Å². The number of carbonyl (C=O) groups excluding carboxylic acids is 4. The van der Waals surface area contributed by atoms with Gasteiger partial charge in [-0.2, -0.15) is 4.99 Å². The van der Waals surface area contributed by atoms with E-state index >= 15 is 0 Å². The third kappa shape index (κ3) is 7.83. The molecule has 2 amide bonds. The number of hydrogen-bond acceptors (Lipinski definition) is 8. The quantitative estimate of drug-likeness (QED) is 0.156. The van der Waals surface area contributed by atoms with Crippen molar-refractivity contribution in [2.24, 2.45) is 10.7 Å². The Kier molecular flexibility index (Phi) is 10.4. The van der Waals surface area contributed by atoms with Crippen molar-refractivity contribution in [1.29, 1.82) is 0 Å². The number of ketones is 1. The highest BCUT2D eigenvalue weighted by atomic mass is 17.2. The largest absolute Gasteiger partial charge is 0.496 e. The van der Waals surface area contributed by atoms with Crippen molar-refractivity contribution < 1.29 is 38.4 Å². The summed E-state index contributed by atoms with van der Waals surface area (Å²) in [5.41, 5.74) is 6.66. The molecule has 11 heteroatoms. The molecule has 0 fully saturated rings. The minimum absolute atomic E-state index is 0.102. The van der Waals surface area contributed by atoms with Crippen LogP contribution in [0.1, 0.15) is 59.9 Å². The minimum atomic E-state index is -0.869. The van der Waals surface area contributed by atoms with E-state index in [2.05, 4.69) is 15.2 Å². The van der Waals surface area contributed by atoms with Crippen molar-refractivity contribution >= 4 is 29.6 Å². The lowest BCUT2D eigenvalue weighted by Crippen LogP contribution is -2.38. The molecule has 0 saturated carbocycles. The van der Waals surface area contributed by atoms with Gasteiger partial charge in [-0.3, -0.25) is 19.4 Å². The molecule has 11 nitrogen and oxygen atoms in total. The molecular formula is C25H29N3O8. The lowest BCUT2D eigenvalue weighted by Gasteiger charge is -2.15. The Hall–Kier alpha value is -4.41. The van der Waals surface area contributed by atoms with Crippen LogP contribution in [0.5, 0.6) is 11.5 Å². The van der Waals surface area contributed by atoms with Crippen LogP contribution in [0.4, 0.5) is 4.79 Å². The molecule has 0 radical (unpaired) electrons. The molecule has 0 aliphatic carbocycles. The molecule has 0 heterocycles. The number of benzene rings is 2. The molecule has 1 unspecified atom stereocenters. The zero-order valence-corrected chi connectivity index (χ0v) is 20.5. The number of nitrogens with one attached hydrogen (secondary N) is 1. The average Bonchev–Trinajstić information content (AvgIpc) is 2.87. The van der Waals surface area contributed by atoms with Crippen molar-refractivity contribution in [1.82, 2.24) is 5.32 Å². The number of rotatable bonds is 11. The van der Waals surface area contributed by atoms with Crippen LogP contribution in [-0.2, 0) is 14.4 Å². The molecule has 0 aliphatic heterocycles. The third-order valence-corrected chi connectivity index (χ3v) is 4.79. The van der Waals surface area contributed by atoms with Crippen molar-refractivity contribution in [3.05, 3.63) is 59.2 Å². The summed E-state index contributed by atoms with van der Waals surface area (Å²) in [6.07, 6.45) is 0.0309. The highest BCUT2D eigenvalue weighted by molar-refractivity contribution is 6.07. The number of carbonyl (C=O) groups is 4. The maximum atomic E-state index is 12.8. The van der Waals surface area contributed by atoms with Crippen molar-refractivity contribution in [3.63, 3.8) is 0 Å². The maximum absolute atomic E-state index is 12.8. The monoisotopic (exact) mass is 499 g/mol. The van der Waals surface area contributed by atoms with E-state index in [0.29, 0.717) is 17.5 Å². The van der Waals surface area contributed by atoms with Gasteiger partial charge in [0, 0.05) is 17.5 Å². The topological polar surface area (TPSA) is 156 Å². The van der Waals surface area contributed by atoms with E-state index in [1.54, 1.807) is 13.8 Å². The number of nitrogens with two attached hydrogens (primary N) is 1. The second-order valence-electron chi connectivity index (χ2n) is 7.48. The number of hydrogen-bond donors (Lipinski definition) is 2. The van der Waals surface area contributed by atoms with Crippen LogP contribution in [0.25, 0.3) is 0 Å². The van der Waals surface area contributed by atoms with Crippen molar-refractivity contribution in [3.8, 4) is 11.5 Å². The lowest BCUT2D eigenvalue weighted by molar-refractivity contribution is -0.213. The first-order valence-electron chi connectivity index (χ1n) is 11.2. The summed E-state index contributed by atoms with van der Waals surface area (Å²) in [4.78, 5) is 61.7. The number of amidine groups is 1. The number of Topliss-reactive ketones (excluding diaryl/α,β-unsaturated/α-hetero) is 1. The summed E-state index contributed by atoms with van der Waals surface area (Å²) in [6, 6.07) is 9.46. The number of amides is 2. The van der Waals surface area contributed by atoms with E-state index in [1.807, 2.05) is 6.92 Å². The SMILES string of the molecule is CCCC(=O)OOc1ccc(C(=O)C(C)NC(=O)c2ccc(/C(N)=N/C(=O)OCC)cc2OC)cc1. The molecule has 0 aromatic heterocycles. The summed E-state index contributed by atoms with van der Waals surface area (Å²) in [7, 11) is 1.37. The third-order valence-electron chi connectivity index (χ3n) is 4.79. The van der Waals surface area contributed by atoms with Crippen LogP contribution in [0.2, 0.25) is 0 Å². The first-order chi connectivity index (χ1) is 17.2. The number of nitrogens with zero attached hydrogens (tertiary/aromatic N) is 1. The lowest BCUT2D eigenvalue weighted by atomic mass is 10.0. The minimum Gasteiger partial charge on any atom is -0.496 e. The van der Waals surface area contributed by atoms with Crippen molar-refractivity contribution in [2.45, 2.75) is 39.7 Å². The standard InChI is InChI=1S/C25H29N3O8/c1-5-7-21(29)36-35-18-11-8-16(9-12-18)22(30)15(3)27-24(31)19-13-10-17(14-20(19)33-4)23(26)28-25(32)34-6-2/h8-15H,5-7H2,1-4H3,(H,27,31)(H2,26,28,32).